The number of nitrogens with one attached hydrogen (secondary N) is 1. The maximum atomic E-state index is 5.46. The Morgan fingerprint density at radius 2 is 1.81 bits per heavy atom. The number of hydrogen-bond acceptors (Lipinski definition) is 2. The van der Waals surface area contributed by atoms with Crippen molar-refractivity contribution in [1.29, 1.82) is 0 Å². The zero-order valence-corrected chi connectivity index (χ0v) is 10.1. The van der Waals surface area contributed by atoms with Gasteiger partial charge in [0.1, 0.15) is 0 Å². The second kappa shape index (κ2) is 4.74. The van der Waals surface area contributed by atoms with E-state index >= 15 is 0 Å². The monoisotopic (exact) mass is 239 g/mol. The lowest BCUT2D eigenvalue weighted by Crippen LogP contribution is -2.58. The first-order chi connectivity index (χ1) is 7.41. The molecule has 1 N–H and O–H groups in total. The van der Waals surface area contributed by atoms with E-state index in [1.807, 2.05) is 0 Å². The molecule has 2 heterocycles. The van der Waals surface area contributed by atoms with E-state index in [1.165, 1.54) is 18.4 Å². The van der Waals surface area contributed by atoms with E-state index in [1.54, 1.807) is 0 Å². The third-order valence-electron chi connectivity index (χ3n) is 3.89. The molecule has 3 heteroatoms. The zero-order chi connectivity index (χ0) is 10.1. The van der Waals surface area contributed by atoms with Crippen molar-refractivity contribution in [2.24, 2.45) is 5.41 Å². The van der Waals surface area contributed by atoms with Crippen LogP contribution in [0.1, 0.15) is 24.4 Å². The van der Waals surface area contributed by atoms with Crippen molar-refractivity contribution >= 4 is 12.4 Å². The molecular formula is C13H18ClNO. The van der Waals surface area contributed by atoms with Crippen LogP contribution in [0.2, 0.25) is 0 Å². The zero-order valence-electron chi connectivity index (χ0n) is 9.32. The van der Waals surface area contributed by atoms with Gasteiger partial charge in [-0.3, -0.25) is 0 Å². The van der Waals surface area contributed by atoms with Crippen molar-refractivity contribution in [3.63, 3.8) is 0 Å². The highest BCUT2D eigenvalue weighted by atomic mass is 35.5. The van der Waals surface area contributed by atoms with Gasteiger partial charge in [-0.2, -0.15) is 0 Å². The third-order valence-corrected chi connectivity index (χ3v) is 3.89. The van der Waals surface area contributed by atoms with Gasteiger partial charge in [-0.1, -0.05) is 30.3 Å². The van der Waals surface area contributed by atoms with Crippen molar-refractivity contribution in [1.82, 2.24) is 5.32 Å². The Morgan fingerprint density at radius 1 is 1.12 bits per heavy atom. The van der Waals surface area contributed by atoms with Crippen LogP contribution in [-0.4, -0.2) is 19.8 Å². The second-order valence-corrected chi connectivity index (χ2v) is 4.70. The molecule has 16 heavy (non-hydrogen) atoms. The minimum absolute atomic E-state index is 0. The largest absolute Gasteiger partial charge is 0.381 e. The summed E-state index contributed by atoms with van der Waals surface area (Å²) in [5, 5.41) is 3.57. The summed E-state index contributed by atoms with van der Waals surface area (Å²) >= 11 is 0. The molecule has 3 rings (SSSR count). The van der Waals surface area contributed by atoms with Crippen molar-refractivity contribution in [2.75, 3.05) is 19.8 Å². The van der Waals surface area contributed by atoms with E-state index in [4.69, 9.17) is 4.74 Å². The molecule has 0 bridgehead atoms. The van der Waals surface area contributed by atoms with E-state index in [9.17, 15) is 0 Å². The van der Waals surface area contributed by atoms with Crippen LogP contribution in [0, 0.1) is 5.41 Å². The summed E-state index contributed by atoms with van der Waals surface area (Å²) < 4.78 is 5.46. The minimum atomic E-state index is 0. The van der Waals surface area contributed by atoms with Gasteiger partial charge in [0, 0.05) is 31.2 Å². The van der Waals surface area contributed by atoms with Gasteiger partial charge in [0.2, 0.25) is 0 Å². The Morgan fingerprint density at radius 3 is 2.38 bits per heavy atom. The molecule has 0 saturated carbocycles. The number of benzene rings is 1. The lowest BCUT2D eigenvalue weighted by Gasteiger charge is -2.53. The summed E-state index contributed by atoms with van der Waals surface area (Å²) in [6, 6.07) is 11.4. The molecule has 0 aromatic heterocycles. The maximum absolute atomic E-state index is 5.46. The Hall–Kier alpha value is -0.570. The van der Waals surface area contributed by atoms with Gasteiger partial charge < -0.3 is 10.1 Å². The highest BCUT2D eigenvalue weighted by Gasteiger charge is 2.47. The SMILES string of the molecule is Cl.c1ccc(C2NCC23CCOCC3)cc1. The van der Waals surface area contributed by atoms with Gasteiger partial charge >= 0.3 is 0 Å². The van der Waals surface area contributed by atoms with Gasteiger partial charge in [0.25, 0.3) is 0 Å². The lowest BCUT2D eigenvalue weighted by atomic mass is 9.66. The molecule has 1 atom stereocenters. The lowest BCUT2D eigenvalue weighted by molar-refractivity contribution is -0.0479. The van der Waals surface area contributed by atoms with Crippen LogP contribution in [0.4, 0.5) is 0 Å². The van der Waals surface area contributed by atoms with Crippen molar-refractivity contribution in [2.45, 2.75) is 18.9 Å². The fraction of sp³-hybridized carbons (Fsp3) is 0.538. The maximum Gasteiger partial charge on any atom is 0.0472 e. The molecular weight excluding hydrogens is 222 g/mol. The molecule has 1 unspecified atom stereocenters. The van der Waals surface area contributed by atoms with Crippen LogP contribution in [0.5, 0.6) is 0 Å². The van der Waals surface area contributed by atoms with Crippen molar-refractivity contribution < 1.29 is 4.74 Å². The van der Waals surface area contributed by atoms with Crippen LogP contribution in [0.15, 0.2) is 30.3 Å². The Labute approximate surface area is 103 Å². The van der Waals surface area contributed by atoms with E-state index in [0.717, 1.165) is 19.8 Å². The Kier molecular flexibility index (Phi) is 3.53. The molecule has 2 fully saturated rings. The van der Waals surface area contributed by atoms with Gasteiger partial charge in [-0.15, -0.1) is 12.4 Å². The quantitative estimate of drug-likeness (QED) is 0.813. The predicted octanol–water partition coefficient (Wildman–Crippen LogP) is 2.55. The van der Waals surface area contributed by atoms with Gasteiger partial charge in [0.05, 0.1) is 0 Å². The summed E-state index contributed by atoms with van der Waals surface area (Å²) in [7, 11) is 0. The number of ether oxygens (including phenoxy) is 1. The van der Waals surface area contributed by atoms with Crippen molar-refractivity contribution in [3.05, 3.63) is 35.9 Å². The molecule has 1 spiro atoms. The number of rotatable bonds is 1. The average Bonchev–Trinajstić information content (AvgIpc) is 2.30. The Balaban J connectivity index is 0.000000963. The molecule has 0 amide bonds. The molecule has 2 nitrogen and oxygen atoms in total. The third kappa shape index (κ3) is 1.86. The topological polar surface area (TPSA) is 21.3 Å². The predicted molar refractivity (Wildman–Crippen MR) is 66.9 cm³/mol. The van der Waals surface area contributed by atoms with E-state index < -0.39 is 0 Å². The first-order valence-electron chi connectivity index (χ1n) is 5.77. The fourth-order valence-corrected chi connectivity index (χ4v) is 2.85. The summed E-state index contributed by atoms with van der Waals surface area (Å²) in [4.78, 5) is 0. The molecule has 0 aliphatic carbocycles. The van der Waals surface area contributed by atoms with Gasteiger partial charge in [0.15, 0.2) is 0 Å². The summed E-state index contributed by atoms with van der Waals surface area (Å²) in [5.41, 5.74) is 1.92. The minimum Gasteiger partial charge on any atom is -0.381 e. The highest BCUT2D eigenvalue weighted by molar-refractivity contribution is 5.85. The molecule has 2 aliphatic rings. The average molecular weight is 240 g/mol. The standard InChI is InChI=1S/C13H17NO.ClH/c1-2-4-11(5-3-1)12-13(10-14-12)6-8-15-9-7-13;/h1-5,12,14H,6-10H2;1H. The van der Waals surface area contributed by atoms with E-state index in [2.05, 4.69) is 35.6 Å². The molecule has 1 aromatic rings. The molecule has 88 valence electrons. The van der Waals surface area contributed by atoms with Crippen LogP contribution in [0.25, 0.3) is 0 Å². The Bertz CT molecular complexity index is 335. The van der Waals surface area contributed by atoms with Gasteiger partial charge in [-0.05, 0) is 18.4 Å². The smallest absolute Gasteiger partial charge is 0.0472 e. The number of hydrogen-bond donors (Lipinski definition) is 1. The van der Waals surface area contributed by atoms with E-state index in [0.29, 0.717) is 11.5 Å². The highest BCUT2D eigenvalue weighted by Crippen LogP contribution is 2.48. The normalized spacial score (nSPS) is 26.9. The fourth-order valence-electron chi connectivity index (χ4n) is 2.85. The van der Waals surface area contributed by atoms with Gasteiger partial charge in [-0.25, -0.2) is 0 Å². The van der Waals surface area contributed by atoms with Crippen LogP contribution in [0.3, 0.4) is 0 Å². The van der Waals surface area contributed by atoms with Crippen LogP contribution >= 0.6 is 12.4 Å². The summed E-state index contributed by atoms with van der Waals surface area (Å²) in [6.45, 7) is 3.03. The second-order valence-electron chi connectivity index (χ2n) is 4.70. The molecule has 1 aromatic carbocycles. The van der Waals surface area contributed by atoms with Crippen LogP contribution < -0.4 is 5.32 Å². The molecule has 2 aliphatic heterocycles. The first-order valence-corrected chi connectivity index (χ1v) is 5.77. The molecule has 2 saturated heterocycles. The van der Waals surface area contributed by atoms with E-state index in [-0.39, 0.29) is 12.4 Å². The van der Waals surface area contributed by atoms with Crippen LogP contribution in [-0.2, 0) is 4.74 Å². The van der Waals surface area contributed by atoms with Crippen molar-refractivity contribution in [3.8, 4) is 0 Å². The summed E-state index contributed by atoms with van der Waals surface area (Å²) in [6.07, 6.45) is 2.42. The first kappa shape index (κ1) is 11.9. The summed E-state index contributed by atoms with van der Waals surface area (Å²) in [5.74, 6) is 0. The number of halogens is 1. The molecule has 0 radical (unpaired) electrons.